The summed E-state index contributed by atoms with van der Waals surface area (Å²) in [6.45, 7) is 2.46. The van der Waals surface area contributed by atoms with Crippen LogP contribution in [-0.2, 0) is 0 Å². The Morgan fingerprint density at radius 2 is 2.10 bits per heavy atom. The Kier molecular flexibility index (Phi) is 1.95. The first-order valence-corrected chi connectivity index (χ1v) is 3.63. The fraction of sp³-hybridized carbons (Fsp3) is 1.00. The molecule has 0 unspecified atom stereocenters. The number of rotatable bonds is 2. The van der Waals surface area contributed by atoms with E-state index in [-0.39, 0.29) is 24.7 Å². The molecular weight excluding hydrogens is 136 g/mol. The molecule has 1 saturated carbocycles. The number of hydrogen-bond donors (Lipinski definition) is 1. The van der Waals surface area contributed by atoms with E-state index in [9.17, 15) is 8.78 Å². The third-order valence-corrected chi connectivity index (χ3v) is 2.30. The minimum Gasteiger partial charge on any atom is -0.330 e. The number of nitrogens with two attached hydrogens (primary N) is 1. The first kappa shape index (κ1) is 7.92. The molecule has 0 aromatic heterocycles. The van der Waals surface area contributed by atoms with E-state index in [1.807, 2.05) is 6.92 Å². The van der Waals surface area contributed by atoms with Gasteiger partial charge in [0, 0.05) is 12.8 Å². The van der Waals surface area contributed by atoms with Crippen LogP contribution in [-0.4, -0.2) is 12.5 Å². The highest BCUT2D eigenvalue weighted by molar-refractivity contribution is 4.88. The van der Waals surface area contributed by atoms with Crippen molar-refractivity contribution in [2.75, 3.05) is 6.54 Å². The van der Waals surface area contributed by atoms with E-state index in [4.69, 9.17) is 5.73 Å². The molecular formula is C7H13F2N. The highest BCUT2D eigenvalue weighted by Gasteiger charge is 2.46. The lowest BCUT2D eigenvalue weighted by Crippen LogP contribution is -2.40. The van der Waals surface area contributed by atoms with Crippen molar-refractivity contribution in [2.24, 2.45) is 17.6 Å². The van der Waals surface area contributed by atoms with Crippen molar-refractivity contribution in [1.29, 1.82) is 0 Å². The summed E-state index contributed by atoms with van der Waals surface area (Å²) in [6.07, 6.45) is 0.0940. The Labute approximate surface area is 59.6 Å². The fourth-order valence-electron chi connectivity index (χ4n) is 1.30. The minimum absolute atomic E-state index is 0.0470. The second kappa shape index (κ2) is 2.46. The van der Waals surface area contributed by atoms with Crippen molar-refractivity contribution in [3.63, 3.8) is 0 Å². The van der Waals surface area contributed by atoms with Crippen LogP contribution >= 0.6 is 0 Å². The normalized spacial score (nSPS) is 27.6. The standard InChI is InChI=1S/C7H13F2N/c1-5(4-10)6-2-7(8,9)3-6/h5-6H,2-4,10H2,1H3/t5-/m0/s1. The third-order valence-electron chi connectivity index (χ3n) is 2.30. The fourth-order valence-corrected chi connectivity index (χ4v) is 1.30. The van der Waals surface area contributed by atoms with Gasteiger partial charge in [0.05, 0.1) is 0 Å². The molecule has 1 rings (SSSR count). The molecule has 0 aliphatic heterocycles. The maximum Gasteiger partial charge on any atom is 0.248 e. The third kappa shape index (κ3) is 1.45. The van der Waals surface area contributed by atoms with Gasteiger partial charge in [0.25, 0.3) is 0 Å². The van der Waals surface area contributed by atoms with Crippen LogP contribution in [0.2, 0.25) is 0 Å². The van der Waals surface area contributed by atoms with Crippen molar-refractivity contribution < 1.29 is 8.78 Å². The Bertz CT molecular complexity index is 117. The topological polar surface area (TPSA) is 26.0 Å². The summed E-state index contributed by atoms with van der Waals surface area (Å²) < 4.78 is 24.5. The molecule has 1 atom stereocenters. The van der Waals surface area contributed by atoms with Gasteiger partial charge in [-0.2, -0.15) is 0 Å². The lowest BCUT2D eigenvalue weighted by molar-refractivity contribution is -0.123. The quantitative estimate of drug-likeness (QED) is 0.634. The Morgan fingerprint density at radius 3 is 2.40 bits per heavy atom. The first-order valence-electron chi connectivity index (χ1n) is 3.63. The predicted molar refractivity (Wildman–Crippen MR) is 35.9 cm³/mol. The first-order chi connectivity index (χ1) is 4.55. The van der Waals surface area contributed by atoms with Gasteiger partial charge >= 0.3 is 0 Å². The molecule has 0 amide bonds. The van der Waals surface area contributed by atoms with Gasteiger partial charge < -0.3 is 5.73 Å². The molecule has 2 N–H and O–H groups in total. The number of hydrogen-bond acceptors (Lipinski definition) is 1. The number of halogens is 2. The summed E-state index contributed by atoms with van der Waals surface area (Å²) >= 11 is 0. The van der Waals surface area contributed by atoms with Gasteiger partial charge in [0.15, 0.2) is 0 Å². The van der Waals surface area contributed by atoms with Crippen molar-refractivity contribution in [3.05, 3.63) is 0 Å². The molecule has 0 heterocycles. The van der Waals surface area contributed by atoms with Gasteiger partial charge in [-0.25, -0.2) is 8.78 Å². The maximum atomic E-state index is 12.2. The Morgan fingerprint density at radius 1 is 1.60 bits per heavy atom. The second-order valence-corrected chi connectivity index (χ2v) is 3.24. The lowest BCUT2D eigenvalue weighted by atomic mass is 9.74. The highest BCUT2D eigenvalue weighted by Crippen LogP contribution is 2.45. The lowest BCUT2D eigenvalue weighted by Gasteiger charge is -2.38. The zero-order valence-corrected chi connectivity index (χ0v) is 6.11. The van der Waals surface area contributed by atoms with Crippen LogP contribution in [0.4, 0.5) is 8.78 Å². The molecule has 1 aliphatic rings. The molecule has 1 fully saturated rings. The Balaban J connectivity index is 2.26. The van der Waals surface area contributed by atoms with Gasteiger partial charge in [-0.1, -0.05) is 6.92 Å². The molecule has 0 bridgehead atoms. The largest absolute Gasteiger partial charge is 0.330 e. The van der Waals surface area contributed by atoms with E-state index < -0.39 is 5.92 Å². The molecule has 10 heavy (non-hydrogen) atoms. The van der Waals surface area contributed by atoms with Crippen LogP contribution in [0.15, 0.2) is 0 Å². The molecule has 1 nitrogen and oxygen atoms in total. The van der Waals surface area contributed by atoms with Crippen LogP contribution in [0.3, 0.4) is 0 Å². The molecule has 1 aliphatic carbocycles. The molecule has 0 aromatic rings. The van der Waals surface area contributed by atoms with Crippen molar-refractivity contribution in [1.82, 2.24) is 0 Å². The van der Waals surface area contributed by atoms with Crippen LogP contribution in [0.25, 0.3) is 0 Å². The monoisotopic (exact) mass is 149 g/mol. The number of alkyl halides is 2. The van der Waals surface area contributed by atoms with E-state index in [0.717, 1.165) is 0 Å². The SMILES string of the molecule is C[C@@H](CN)C1CC(F)(F)C1. The van der Waals surface area contributed by atoms with E-state index >= 15 is 0 Å². The van der Waals surface area contributed by atoms with E-state index in [1.165, 1.54) is 0 Å². The minimum atomic E-state index is -2.38. The van der Waals surface area contributed by atoms with Gasteiger partial charge in [-0.3, -0.25) is 0 Å². The van der Waals surface area contributed by atoms with Crippen LogP contribution in [0.1, 0.15) is 19.8 Å². The van der Waals surface area contributed by atoms with Gasteiger partial charge in [0.1, 0.15) is 0 Å². The zero-order valence-electron chi connectivity index (χ0n) is 6.11. The molecule has 3 heteroatoms. The van der Waals surface area contributed by atoms with Gasteiger partial charge in [-0.15, -0.1) is 0 Å². The van der Waals surface area contributed by atoms with Crippen LogP contribution in [0.5, 0.6) is 0 Å². The van der Waals surface area contributed by atoms with Crippen LogP contribution in [0, 0.1) is 11.8 Å². The molecule has 0 saturated heterocycles. The Hall–Kier alpha value is -0.180. The zero-order chi connectivity index (χ0) is 7.78. The van der Waals surface area contributed by atoms with Crippen molar-refractivity contribution in [3.8, 4) is 0 Å². The molecule has 60 valence electrons. The predicted octanol–water partition coefficient (Wildman–Crippen LogP) is 1.63. The van der Waals surface area contributed by atoms with E-state index in [2.05, 4.69) is 0 Å². The summed E-state index contributed by atoms with van der Waals surface area (Å²) in [5.74, 6) is -1.95. The molecule has 0 radical (unpaired) electrons. The summed E-state index contributed by atoms with van der Waals surface area (Å²) in [4.78, 5) is 0. The second-order valence-electron chi connectivity index (χ2n) is 3.24. The van der Waals surface area contributed by atoms with Gasteiger partial charge in [-0.05, 0) is 18.4 Å². The summed E-state index contributed by atoms with van der Waals surface area (Å²) in [5, 5.41) is 0. The smallest absolute Gasteiger partial charge is 0.248 e. The summed E-state index contributed by atoms with van der Waals surface area (Å²) in [6, 6.07) is 0. The highest BCUT2D eigenvalue weighted by atomic mass is 19.3. The summed E-state index contributed by atoms with van der Waals surface area (Å²) in [5.41, 5.74) is 5.33. The average molecular weight is 149 g/mol. The van der Waals surface area contributed by atoms with Crippen molar-refractivity contribution in [2.45, 2.75) is 25.7 Å². The van der Waals surface area contributed by atoms with Gasteiger partial charge in [0.2, 0.25) is 5.92 Å². The average Bonchev–Trinajstić information content (AvgIpc) is 1.81. The maximum absolute atomic E-state index is 12.2. The summed E-state index contributed by atoms with van der Waals surface area (Å²) in [7, 11) is 0. The van der Waals surface area contributed by atoms with E-state index in [1.54, 1.807) is 0 Å². The van der Waals surface area contributed by atoms with Crippen LogP contribution < -0.4 is 5.73 Å². The molecule has 0 spiro atoms. The van der Waals surface area contributed by atoms with E-state index in [0.29, 0.717) is 6.54 Å². The van der Waals surface area contributed by atoms with Crippen molar-refractivity contribution >= 4 is 0 Å². The molecule has 0 aromatic carbocycles.